The Hall–Kier alpha value is -2.07. The van der Waals surface area contributed by atoms with Crippen LogP contribution in [0.4, 0.5) is 5.69 Å². The fraction of sp³-hybridized carbons (Fsp3) is 0.381. The molecule has 2 aromatic rings. The van der Waals surface area contributed by atoms with Gasteiger partial charge in [-0.05, 0) is 86.1 Å². The molecule has 4 heteroatoms. The van der Waals surface area contributed by atoms with Crippen LogP contribution in [0.3, 0.4) is 0 Å². The zero-order valence-corrected chi connectivity index (χ0v) is 16.1. The Kier molecular flexibility index (Phi) is 5.28. The highest BCUT2D eigenvalue weighted by atomic mass is 32.1. The molecule has 3 rings (SSSR count). The van der Waals surface area contributed by atoms with Crippen molar-refractivity contribution in [1.29, 1.82) is 0 Å². The van der Waals surface area contributed by atoms with Crippen LogP contribution in [-0.4, -0.2) is 12.3 Å². The van der Waals surface area contributed by atoms with Crippen LogP contribution in [0.1, 0.15) is 46.6 Å². The lowest BCUT2D eigenvalue weighted by Gasteiger charge is -2.18. The number of ether oxygens (including phenoxy) is 2. The minimum atomic E-state index is 0.372. The van der Waals surface area contributed by atoms with Crippen LogP contribution in [0, 0.1) is 20.8 Å². The van der Waals surface area contributed by atoms with Crippen LogP contribution in [0.2, 0.25) is 0 Å². The molecule has 0 radical (unpaired) electrons. The molecule has 1 aliphatic rings. The Labute approximate surface area is 155 Å². The summed E-state index contributed by atoms with van der Waals surface area (Å²) in [5.74, 6) is 1.58. The second-order valence-corrected chi connectivity index (χ2v) is 7.13. The number of aryl methyl sites for hydroxylation is 3. The third kappa shape index (κ3) is 4.13. The van der Waals surface area contributed by atoms with Gasteiger partial charge in [-0.25, -0.2) is 0 Å². The molecule has 25 heavy (non-hydrogen) atoms. The molecule has 3 nitrogen and oxygen atoms in total. The first-order valence-electron chi connectivity index (χ1n) is 8.67. The molecule has 2 aromatic carbocycles. The van der Waals surface area contributed by atoms with Gasteiger partial charge in [0.1, 0.15) is 12.4 Å². The Morgan fingerprint density at radius 3 is 2.52 bits per heavy atom. The number of hydrogen-bond donors (Lipinski definition) is 1. The zero-order chi connectivity index (χ0) is 18.0. The molecule has 0 heterocycles. The summed E-state index contributed by atoms with van der Waals surface area (Å²) in [5.41, 5.74) is 7.19. The van der Waals surface area contributed by atoms with Crippen LogP contribution < -0.4 is 10.1 Å². The van der Waals surface area contributed by atoms with E-state index in [0.29, 0.717) is 17.7 Å². The first kappa shape index (κ1) is 17.7. The molecule has 0 aromatic heterocycles. The minimum absolute atomic E-state index is 0.372. The van der Waals surface area contributed by atoms with Gasteiger partial charge in [0.25, 0.3) is 5.17 Å². The zero-order valence-electron chi connectivity index (χ0n) is 15.3. The van der Waals surface area contributed by atoms with Crippen LogP contribution >= 0.6 is 12.2 Å². The van der Waals surface area contributed by atoms with Crippen molar-refractivity contribution in [2.24, 2.45) is 0 Å². The molecule has 0 atom stereocenters. The SMILES string of the molecule is COC(=S)Nc1cccc(C2CC2)c1COc1cc(C)c(C)cc1C. The van der Waals surface area contributed by atoms with Gasteiger partial charge in [0.05, 0.1) is 7.11 Å². The predicted octanol–water partition coefficient (Wildman–Crippen LogP) is 5.41. The predicted molar refractivity (Wildman–Crippen MR) is 107 cm³/mol. The number of anilines is 1. The average Bonchev–Trinajstić information content (AvgIpc) is 3.42. The van der Waals surface area contributed by atoms with E-state index in [9.17, 15) is 0 Å². The van der Waals surface area contributed by atoms with Gasteiger partial charge in [0.2, 0.25) is 0 Å². The van der Waals surface area contributed by atoms with Crippen molar-refractivity contribution in [3.8, 4) is 5.75 Å². The fourth-order valence-corrected chi connectivity index (χ4v) is 3.17. The van der Waals surface area contributed by atoms with E-state index in [4.69, 9.17) is 21.7 Å². The smallest absolute Gasteiger partial charge is 0.260 e. The first-order chi connectivity index (χ1) is 12.0. The quantitative estimate of drug-likeness (QED) is 0.726. The maximum absolute atomic E-state index is 6.21. The van der Waals surface area contributed by atoms with E-state index in [-0.39, 0.29) is 0 Å². The topological polar surface area (TPSA) is 30.5 Å². The molecule has 0 unspecified atom stereocenters. The fourth-order valence-electron chi connectivity index (χ4n) is 3.06. The Morgan fingerprint density at radius 1 is 1.12 bits per heavy atom. The summed E-state index contributed by atoms with van der Waals surface area (Å²) in [6, 6.07) is 10.6. The molecule has 0 amide bonds. The minimum Gasteiger partial charge on any atom is -0.489 e. The van der Waals surface area contributed by atoms with Gasteiger partial charge in [-0.2, -0.15) is 0 Å². The van der Waals surface area contributed by atoms with Crippen molar-refractivity contribution in [2.45, 2.75) is 46.1 Å². The highest BCUT2D eigenvalue weighted by Crippen LogP contribution is 2.43. The number of thiocarbonyl (C=S) groups is 1. The first-order valence-corrected chi connectivity index (χ1v) is 9.07. The Bertz CT molecular complexity index is 797. The van der Waals surface area contributed by atoms with E-state index < -0.39 is 0 Å². The van der Waals surface area contributed by atoms with Crippen molar-refractivity contribution < 1.29 is 9.47 Å². The van der Waals surface area contributed by atoms with Gasteiger partial charge in [-0.3, -0.25) is 0 Å². The lowest BCUT2D eigenvalue weighted by atomic mass is 10.0. The summed E-state index contributed by atoms with van der Waals surface area (Å²) < 4.78 is 11.3. The maximum atomic E-state index is 6.21. The summed E-state index contributed by atoms with van der Waals surface area (Å²) in [6.45, 7) is 6.85. The van der Waals surface area contributed by atoms with Gasteiger partial charge in [-0.1, -0.05) is 18.2 Å². The number of benzene rings is 2. The van der Waals surface area contributed by atoms with Gasteiger partial charge in [-0.15, -0.1) is 0 Å². The lowest BCUT2D eigenvalue weighted by Crippen LogP contribution is -2.14. The largest absolute Gasteiger partial charge is 0.489 e. The van der Waals surface area contributed by atoms with Crippen molar-refractivity contribution in [3.05, 3.63) is 58.1 Å². The van der Waals surface area contributed by atoms with Crippen molar-refractivity contribution in [3.63, 3.8) is 0 Å². The van der Waals surface area contributed by atoms with E-state index >= 15 is 0 Å². The number of hydrogen-bond acceptors (Lipinski definition) is 3. The molecule has 1 aliphatic carbocycles. The monoisotopic (exact) mass is 355 g/mol. The second-order valence-electron chi connectivity index (χ2n) is 6.75. The number of nitrogens with one attached hydrogen (secondary N) is 1. The summed E-state index contributed by atoms with van der Waals surface area (Å²) in [6.07, 6.45) is 2.49. The molecule has 132 valence electrons. The third-order valence-electron chi connectivity index (χ3n) is 4.81. The van der Waals surface area contributed by atoms with Crippen LogP contribution in [-0.2, 0) is 11.3 Å². The summed E-state index contributed by atoms with van der Waals surface area (Å²) in [7, 11) is 1.58. The Morgan fingerprint density at radius 2 is 1.84 bits per heavy atom. The van der Waals surface area contributed by atoms with Crippen LogP contribution in [0.15, 0.2) is 30.3 Å². The summed E-state index contributed by atoms with van der Waals surface area (Å²) >= 11 is 5.18. The molecule has 0 spiro atoms. The Balaban J connectivity index is 1.88. The van der Waals surface area contributed by atoms with Crippen molar-refractivity contribution in [1.82, 2.24) is 0 Å². The second kappa shape index (κ2) is 7.44. The van der Waals surface area contributed by atoms with Gasteiger partial charge in [0, 0.05) is 11.3 Å². The molecule has 0 aliphatic heterocycles. The van der Waals surface area contributed by atoms with Gasteiger partial charge in [0.15, 0.2) is 0 Å². The van der Waals surface area contributed by atoms with Gasteiger partial charge >= 0.3 is 0 Å². The highest BCUT2D eigenvalue weighted by molar-refractivity contribution is 7.80. The number of rotatable bonds is 5. The van der Waals surface area contributed by atoms with E-state index in [1.54, 1.807) is 7.11 Å². The standard InChI is InChI=1S/C21H25NO2S/c1-13-10-15(3)20(11-14(13)2)24-12-18-17(16-8-9-16)6-5-7-19(18)22-21(25)23-4/h5-7,10-11,16H,8-9,12H2,1-4H3,(H,22,25). The molecular weight excluding hydrogens is 330 g/mol. The maximum Gasteiger partial charge on any atom is 0.260 e. The van der Waals surface area contributed by atoms with Gasteiger partial charge < -0.3 is 14.8 Å². The normalized spacial score (nSPS) is 13.4. The molecule has 0 bridgehead atoms. The van der Waals surface area contributed by atoms with E-state index in [1.165, 1.54) is 35.1 Å². The summed E-state index contributed by atoms with van der Waals surface area (Å²) in [5, 5.41) is 3.56. The highest BCUT2D eigenvalue weighted by Gasteiger charge is 2.27. The van der Waals surface area contributed by atoms with E-state index in [0.717, 1.165) is 17.0 Å². The van der Waals surface area contributed by atoms with Crippen molar-refractivity contribution >= 4 is 23.1 Å². The lowest BCUT2D eigenvalue weighted by molar-refractivity contribution is 0.303. The third-order valence-corrected chi connectivity index (χ3v) is 5.08. The van der Waals surface area contributed by atoms with Crippen LogP contribution in [0.25, 0.3) is 0 Å². The molecule has 1 fully saturated rings. The molecule has 1 saturated carbocycles. The van der Waals surface area contributed by atoms with E-state index in [1.807, 2.05) is 6.07 Å². The number of methoxy groups -OCH3 is 1. The van der Waals surface area contributed by atoms with E-state index in [2.05, 4.69) is 50.4 Å². The average molecular weight is 356 g/mol. The van der Waals surface area contributed by atoms with Crippen LogP contribution in [0.5, 0.6) is 5.75 Å². The summed E-state index contributed by atoms with van der Waals surface area (Å²) in [4.78, 5) is 0. The van der Waals surface area contributed by atoms with Crippen molar-refractivity contribution in [2.75, 3.05) is 12.4 Å². The molecule has 0 saturated heterocycles. The molecular formula is C21H25NO2S. The molecule has 1 N–H and O–H groups in total.